The molecule has 0 bridgehead atoms. The van der Waals surface area contributed by atoms with Gasteiger partial charge in [0.05, 0.1) is 17.3 Å². The summed E-state index contributed by atoms with van der Waals surface area (Å²) in [7, 11) is 1.83. The maximum Gasteiger partial charge on any atom is 0.168 e. The molecule has 150 valence electrons. The maximum atomic E-state index is 12.8. The Morgan fingerprint density at radius 2 is 1.87 bits per heavy atom. The Hall–Kier alpha value is -3.54. The van der Waals surface area contributed by atoms with Gasteiger partial charge in [-0.05, 0) is 25.0 Å². The maximum absolute atomic E-state index is 12.8. The Morgan fingerprint density at radius 1 is 1.07 bits per heavy atom. The number of rotatable bonds is 5. The summed E-state index contributed by atoms with van der Waals surface area (Å²) in [5, 5.41) is 5.16. The molecule has 0 aliphatic carbocycles. The van der Waals surface area contributed by atoms with Gasteiger partial charge >= 0.3 is 0 Å². The molecule has 1 unspecified atom stereocenters. The van der Waals surface area contributed by atoms with Crippen LogP contribution < -0.4 is 4.90 Å². The highest BCUT2D eigenvalue weighted by molar-refractivity contribution is 5.97. The average Bonchev–Trinajstić information content (AvgIpc) is 3.42. The molecule has 4 aromatic rings. The van der Waals surface area contributed by atoms with Crippen molar-refractivity contribution in [2.24, 2.45) is 7.05 Å². The summed E-state index contributed by atoms with van der Waals surface area (Å²) in [5.74, 6) is 1.76. The zero-order chi connectivity index (χ0) is 20.5. The fourth-order valence-corrected chi connectivity index (χ4v) is 4.22. The number of fused-ring (bicyclic) bond motifs is 1. The van der Waals surface area contributed by atoms with Gasteiger partial charge in [-0.15, -0.1) is 0 Å². The van der Waals surface area contributed by atoms with E-state index in [2.05, 4.69) is 16.1 Å². The molecular formula is C24H23N5O. The lowest BCUT2D eigenvalue weighted by atomic mass is 10.0. The molecule has 3 heterocycles. The molecule has 0 N–H and O–H groups in total. The highest BCUT2D eigenvalue weighted by atomic mass is 16.1. The molecule has 1 aliphatic heterocycles. The molecule has 1 saturated heterocycles. The van der Waals surface area contributed by atoms with E-state index in [-0.39, 0.29) is 11.8 Å². The molecule has 0 amide bonds. The van der Waals surface area contributed by atoms with Crippen molar-refractivity contribution in [2.75, 3.05) is 11.4 Å². The number of aromatic nitrogens is 4. The van der Waals surface area contributed by atoms with E-state index in [4.69, 9.17) is 9.97 Å². The van der Waals surface area contributed by atoms with Gasteiger partial charge in [0.25, 0.3) is 0 Å². The number of anilines is 1. The van der Waals surface area contributed by atoms with Crippen LogP contribution in [0.3, 0.4) is 0 Å². The Labute approximate surface area is 175 Å². The Balaban J connectivity index is 1.53. The van der Waals surface area contributed by atoms with Crippen molar-refractivity contribution >= 4 is 22.5 Å². The zero-order valence-corrected chi connectivity index (χ0v) is 16.9. The first-order valence-corrected chi connectivity index (χ1v) is 10.3. The van der Waals surface area contributed by atoms with Crippen LogP contribution in [0.25, 0.3) is 22.3 Å². The van der Waals surface area contributed by atoms with Crippen LogP contribution in [0.1, 0.15) is 29.6 Å². The number of para-hydroxylation sites is 1. The molecule has 0 saturated carbocycles. The second-order valence-corrected chi connectivity index (χ2v) is 7.77. The topological polar surface area (TPSA) is 63.9 Å². The van der Waals surface area contributed by atoms with Gasteiger partial charge in [-0.1, -0.05) is 42.5 Å². The lowest BCUT2D eigenvalue weighted by molar-refractivity contribution is 0.0974. The monoisotopic (exact) mass is 397 g/mol. The van der Waals surface area contributed by atoms with Crippen molar-refractivity contribution in [1.29, 1.82) is 0 Å². The largest absolute Gasteiger partial charge is 0.353 e. The Bertz CT molecular complexity index is 1200. The predicted octanol–water partition coefficient (Wildman–Crippen LogP) is 4.27. The van der Waals surface area contributed by atoms with Crippen molar-refractivity contribution in [3.8, 4) is 11.4 Å². The number of ketones is 1. The number of hydrogen-bond acceptors (Lipinski definition) is 5. The summed E-state index contributed by atoms with van der Waals surface area (Å²) in [4.78, 5) is 24.9. The molecule has 5 rings (SSSR count). The van der Waals surface area contributed by atoms with Crippen molar-refractivity contribution < 1.29 is 4.79 Å². The summed E-state index contributed by atoms with van der Waals surface area (Å²) in [6, 6.07) is 18.3. The molecule has 1 fully saturated rings. The number of Topliss-reactive ketones (excluding diaryl/α,β-unsaturated/α-hetero) is 1. The van der Waals surface area contributed by atoms with Crippen molar-refractivity contribution in [2.45, 2.75) is 25.3 Å². The van der Waals surface area contributed by atoms with Gasteiger partial charge in [0.1, 0.15) is 5.82 Å². The van der Waals surface area contributed by atoms with Gasteiger partial charge < -0.3 is 4.90 Å². The minimum atomic E-state index is 0.125. The molecule has 6 heteroatoms. The number of aryl methyl sites for hydroxylation is 1. The fraction of sp³-hybridized carbons (Fsp3) is 0.250. The van der Waals surface area contributed by atoms with Crippen LogP contribution in [0.15, 0.2) is 67.0 Å². The van der Waals surface area contributed by atoms with Crippen LogP contribution in [0.5, 0.6) is 0 Å². The molecule has 2 aromatic carbocycles. The predicted molar refractivity (Wildman–Crippen MR) is 117 cm³/mol. The van der Waals surface area contributed by atoms with Crippen LogP contribution in [-0.4, -0.2) is 38.1 Å². The molecule has 0 radical (unpaired) electrons. The van der Waals surface area contributed by atoms with E-state index < -0.39 is 0 Å². The minimum absolute atomic E-state index is 0.125. The molecule has 2 aromatic heterocycles. The van der Waals surface area contributed by atoms with E-state index in [1.807, 2.05) is 55.6 Å². The standard InChI is InChI=1S/C24H23N5O/c1-28-16-18(15-25-28)22(30)14-19-10-7-13-29(19)24-20-11-5-6-12-21(20)26-23(27-24)17-8-3-2-4-9-17/h2-6,8-9,11-12,15-16,19H,7,10,13-14H2,1H3. The lowest BCUT2D eigenvalue weighted by Crippen LogP contribution is -2.32. The van der Waals surface area contributed by atoms with E-state index >= 15 is 0 Å². The first kappa shape index (κ1) is 18.5. The van der Waals surface area contributed by atoms with E-state index in [0.29, 0.717) is 17.8 Å². The molecule has 1 atom stereocenters. The second-order valence-electron chi connectivity index (χ2n) is 7.77. The van der Waals surface area contributed by atoms with Crippen molar-refractivity contribution in [3.05, 3.63) is 72.6 Å². The third kappa shape index (κ3) is 3.45. The van der Waals surface area contributed by atoms with Crippen LogP contribution >= 0.6 is 0 Å². The van der Waals surface area contributed by atoms with Crippen molar-refractivity contribution in [3.63, 3.8) is 0 Å². The van der Waals surface area contributed by atoms with Gasteiger partial charge in [-0.25, -0.2) is 9.97 Å². The first-order chi connectivity index (χ1) is 14.7. The second kappa shape index (κ2) is 7.71. The summed E-state index contributed by atoms with van der Waals surface area (Å²) < 4.78 is 1.67. The molecular weight excluding hydrogens is 374 g/mol. The summed E-state index contributed by atoms with van der Waals surface area (Å²) in [5.41, 5.74) is 2.58. The Morgan fingerprint density at radius 3 is 2.67 bits per heavy atom. The van der Waals surface area contributed by atoms with Crippen molar-refractivity contribution in [1.82, 2.24) is 19.7 Å². The van der Waals surface area contributed by atoms with Gasteiger partial charge in [0.15, 0.2) is 11.6 Å². The van der Waals surface area contributed by atoms with Gasteiger partial charge in [-0.2, -0.15) is 5.10 Å². The molecule has 6 nitrogen and oxygen atoms in total. The van der Waals surface area contributed by atoms with E-state index in [9.17, 15) is 4.79 Å². The Kier molecular flexibility index (Phi) is 4.75. The molecule has 30 heavy (non-hydrogen) atoms. The van der Waals surface area contributed by atoms with Crippen LogP contribution in [0, 0.1) is 0 Å². The zero-order valence-electron chi connectivity index (χ0n) is 16.9. The lowest BCUT2D eigenvalue weighted by Gasteiger charge is -2.26. The van der Waals surface area contributed by atoms with E-state index in [0.717, 1.165) is 41.7 Å². The number of nitrogens with zero attached hydrogens (tertiary/aromatic N) is 5. The van der Waals surface area contributed by atoms with Gasteiger partial charge in [0.2, 0.25) is 0 Å². The first-order valence-electron chi connectivity index (χ1n) is 10.3. The van der Waals surface area contributed by atoms with E-state index in [1.165, 1.54) is 0 Å². The van der Waals surface area contributed by atoms with Crippen LogP contribution in [-0.2, 0) is 7.05 Å². The summed E-state index contributed by atoms with van der Waals surface area (Å²) in [6.45, 7) is 0.889. The average molecular weight is 397 g/mol. The number of carbonyl (C=O) groups excluding carboxylic acids is 1. The number of carbonyl (C=O) groups is 1. The minimum Gasteiger partial charge on any atom is -0.353 e. The van der Waals surface area contributed by atoms with Gasteiger partial charge in [0, 0.05) is 43.2 Å². The van der Waals surface area contributed by atoms with E-state index in [1.54, 1.807) is 17.1 Å². The number of benzene rings is 2. The smallest absolute Gasteiger partial charge is 0.168 e. The summed E-state index contributed by atoms with van der Waals surface area (Å²) in [6.07, 6.45) is 5.92. The molecule has 1 aliphatic rings. The molecule has 0 spiro atoms. The highest BCUT2D eigenvalue weighted by Gasteiger charge is 2.30. The SMILES string of the molecule is Cn1cc(C(=O)CC2CCCN2c2nc(-c3ccccc3)nc3ccccc23)cn1. The third-order valence-corrected chi connectivity index (χ3v) is 5.71. The summed E-state index contributed by atoms with van der Waals surface area (Å²) >= 11 is 0. The number of hydrogen-bond donors (Lipinski definition) is 0. The fourth-order valence-electron chi connectivity index (χ4n) is 4.22. The van der Waals surface area contributed by atoms with Crippen LogP contribution in [0.4, 0.5) is 5.82 Å². The quantitative estimate of drug-likeness (QED) is 0.471. The third-order valence-electron chi connectivity index (χ3n) is 5.71. The normalized spacial score (nSPS) is 16.3. The van der Waals surface area contributed by atoms with Crippen LogP contribution in [0.2, 0.25) is 0 Å². The van der Waals surface area contributed by atoms with Gasteiger partial charge in [-0.3, -0.25) is 9.48 Å². The highest BCUT2D eigenvalue weighted by Crippen LogP contribution is 2.33.